The maximum absolute atomic E-state index is 10.6. The van der Waals surface area contributed by atoms with Crippen molar-refractivity contribution in [2.75, 3.05) is 0 Å². The third kappa shape index (κ3) is 2.27. The van der Waals surface area contributed by atoms with E-state index in [1.807, 2.05) is 24.5 Å². The Morgan fingerprint density at radius 1 is 1.53 bits per heavy atom. The molecule has 0 fully saturated rings. The minimum absolute atomic E-state index is 0.0913. The Kier molecular flexibility index (Phi) is 3.08. The molecule has 0 radical (unpaired) electrons. The molecule has 2 aromatic rings. The molecule has 0 atom stereocenters. The fourth-order valence-corrected chi connectivity index (χ4v) is 1.87. The number of hydrogen-bond acceptors (Lipinski definition) is 3. The lowest BCUT2D eigenvalue weighted by Crippen LogP contribution is -2.08. The van der Waals surface area contributed by atoms with Crippen LogP contribution in [0, 0.1) is 6.92 Å². The zero-order valence-corrected chi connectivity index (χ0v) is 9.97. The third-order valence-corrected chi connectivity index (χ3v) is 2.67. The first-order chi connectivity index (χ1) is 8.11. The highest BCUT2D eigenvalue weighted by Gasteiger charge is 2.11. The summed E-state index contributed by atoms with van der Waals surface area (Å²) < 4.78 is 1.89. The second kappa shape index (κ2) is 4.53. The van der Waals surface area contributed by atoms with Crippen molar-refractivity contribution in [2.45, 2.75) is 33.2 Å². The summed E-state index contributed by atoms with van der Waals surface area (Å²) in [4.78, 5) is 19.4. The summed E-state index contributed by atoms with van der Waals surface area (Å²) in [5.41, 5.74) is 2.67. The zero-order chi connectivity index (χ0) is 12.4. The van der Waals surface area contributed by atoms with Crippen LogP contribution in [-0.4, -0.2) is 25.6 Å². The van der Waals surface area contributed by atoms with Crippen molar-refractivity contribution in [1.29, 1.82) is 0 Å². The number of carbonyl (C=O) groups is 1. The van der Waals surface area contributed by atoms with E-state index in [2.05, 4.69) is 9.97 Å². The van der Waals surface area contributed by atoms with E-state index < -0.39 is 5.97 Å². The number of imidazole rings is 1. The highest BCUT2D eigenvalue weighted by Crippen LogP contribution is 2.16. The summed E-state index contributed by atoms with van der Waals surface area (Å²) >= 11 is 0. The van der Waals surface area contributed by atoms with Crippen molar-refractivity contribution in [3.8, 4) is 0 Å². The van der Waals surface area contributed by atoms with Crippen LogP contribution in [-0.2, 0) is 17.8 Å². The number of rotatable bonds is 4. The van der Waals surface area contributed by atoms with Gasteiger partial charge in [0.1, 0.15) is 11.3 Å². The maximum atomic E-state index is 10.6. The number of carboxylic acids is 1. The number of fused-ring (bicyclic) bond motifs is 1. The Morgan fingerprint density at radius 2 is 2.29 bits per heavy atom. The molecular formula is C12H15N3O2. The number of aromatic nitrogens is 3. The predicted molar refractivity (Wildman–Crippen MR) is 63.9 cm³/mol. The standard InChI is InChI=1S/C12H15N3O2/c1-3-10-14-9-6-8(2)7-13-12(9)15(10)5-4-11(16)17/h6-7H,3-5H2,1-2H3,(H,16,17). The number of hydrogen-bond donors (Lipinski definition) is 1. The molecule has 0 bridgehead atoms. The number of pyridine rings is 1. The molecule has 5 heteroatoms. The molecule has 0 aliphatic carbocycles. The van der Waals surface area contributed by atoms with Crippen molar-refractivity contribution in [1.82, 2.24) is 14.5 Å². The number of aryl methyl sites for hydroxylation is 3. The highest BCUT2D eigenvalue weighted by atomic mass is 16.4. The second-order valence-corrected chi connectivity index (χ2v) is 4.03. The molecule has 1 N–H and O–H groups in total. The monoisotopic (exact) mass is 233 g/mol. The summed E-state index contributed by atoms with van der Waals surface area (Å²) in [6.45, 7) is 4.39. The zero-order valence-electron chi connectivity index (χ0n) is 9.97. The lowest BCUT2D eigenvalue weighted by atomic mass is 10.3. The van der Waals surface area contributed by atoms with Crippen LogP contribution in [0.5, 0.6) is 0 Å². The Bertz CT molecular complexity index is 560. The van der Waals surface area contributed by atoms with Gasteiger partial charge in [-0.2, -0.15) is 0 Å². The van der Waals surface area contributed by atoms with E-state index in [1.165, 1.54) is 0 Å². The molecule has 2 rings (SSSR count). The van der Waals surface area contributed by atoms with Crippen LogP contribution < -0.4 is 0 Å². The molecule has 2 heterocycles. The third-order valence-electron chi connectivity index (χ3n) is 2.67. The lowest BCUT2D eigenvalue weighted by Gasteiger charge is -2.04. The van der Waals surface area contributed by atoms with Gasteiger partial charge in [0.05, 0.1) is 6.42 Å². The van der Waals surface area contributed by atoms with E-state index in [4.69, 9.17) is 5.11 Å². The molecular weight excluding hydrogens is 218 g/mol. The molecule has 17 heavy (non-hydrogen) atoms. The first kappa shape index (κ1) is 11.6. The Balaban J connectivity index is 2.47. The number of nitrogens with zero attached hydrogens (tertiary/aromatic N) is 3. The van der Waals surface area contributed by atoms with Crippen LogP contribution in [0.2, 0.25) is 0 Å². The van der Waals surface area contributed by atoms with Crippen LogP contribution in [0.1, 0.15) is 24.7 Å². The minimum atomic E-state index is -0.805. The average Bonchev–Trinajstić information content (AvgIpc) is 2.63. The van der Waals surface area contributed by atoms with Crippen molar-refractivity contribution < 1.29 is 9.90 Å². The van der Waals surface area contributed by atoms with Gasteiger partial charge in [0.2, 0.25) is 0 Å². The van der Waals surface area contributed by atoms with Gasteiger partial charge in [-0.1, -0.05) is 6.92 Å². The second-order valence-electron chi connectivity index (χ2n) is 4.03. The molecule has 0 aromatic carbocycles. The topological polar surface area (TPSA) is 68.0 Å². The fraction of sp³-hybridized carbons (Fsp3) is 0.417. The highest BCUT2D eigenvalue weighted by molar-refractivity contribution is 5.72. The van der Waals surface area contributed by atoms with Crippen LogP contribution in [0.15, 0.2) is 12.3 Å². The Labute approximate surface area is 99.1 Å². The van der Waals surface area contributed by atoms with Gasteiger partial charge in [-0.05, 0) is 18.6 Å². The molecule has 0 saturated heterocycles. The van der Waals surface area contributed by atoms with Gasteiger partial charge in [0.25, 0.3) is 0 Å². The van der Waals surface area contributed by atoms with E-state index in [9.17, 15) is 4.79 Å². The van der Waals surface area contributed by atoms with E-state index in [0.29, 0.717) is 6.54 Å². The van der Waals surface area contributed by atoms with Crippen molar-refractivity contribution >= 4 is 17.1 Å². The van der Waals surface area contributed by atoms with Gasteiger partial charge in [-0.3, -0.25) is 4.79 Å². The van der Waals surface area contributed by atoms with Crippen molar-refractivity contribution in [2.24, 2.45) is 0 Å². The largest absolute Gasteiger partial charge is 0.481 e. The lowest BCUT2D eigenvalue weighted by molar-refractivity contribution is -0.137. The normalized spacial score (nSPS) is 10.9. The predicted octanol–water partition coefficient (Wildman–Crippen LogP) is 1.78. The molecule has 2 aromatic heterocycles. The summed E-state index contributed by atoms with van der Waals surface area (Å²) in [5.74, 6) is 0.0837. The van der Waals surface area contributed by atoms with Gasteiger partial charge < -0.3 is 9.67 Å². The summed E-state index contributed by atoms with van der Waals surface area (Å²) in [7, 11) is 0. The van der Waals surface area contributed by atoms with Gasteiger partial charge in [-0.15, -0.1) is 0 Å². The van der Waals surface area contributed by atoms with Crippen molar-refractivity contribution in [3.05, 3.63) is 23.7 Å². The summed E-state index contributed by atoms with van der Waals surface area (Å²) in [6, 6.07) is 1.97. The van der Waals surface area contributed by atoms with E-state index in [0.717, 1.165) is 29.0 Å². The van der Waals surface area contributed by atoms with E-state index in [-0.39, 0.29) is 6.42 Å². The molecule has 0 amide bonds. The van der Waals surface area contributed by atoms with E-state index in [1.54, 1.807) is 6.20 Å². The Hall–Kier alpha value is -1.91. The molecule has 0 aliphatic rings. The molecule has 0 aliphatic heterocycles. The number of aliphatic carboxylic acids is 1. The summed E-state index contributed by atoms with van der Waals surface area (Å²) in [6.07, 6.45) is 2.64. The first-order valence-corrected chi connectivity index (χ1v) is 5.65. The smallest absolute Gasteiger partial charge is 0.305 e. The first-order valence-electron chi connectivity index (χ1n) is 5.65. The molecule has 0 unspecified atom stereocenters. The quantitative estimate of drug-likeness (QED) is 0.874. The SMILES string of the molecule is CCc1nc2cc(C)cnc2n1CCC(=O)O. The van der Waals surface area contributed by atoms with E-state index >= 15 is 0 Å². The Morgan fingerprint density at radius 3 is 2.94 bits per heavy atom. The van der Waals surface area contributed by atoms with Gasteiger partial charge in [0, 0.05) is 19.2 Å². The maximum Gasteiger partial charge on any atom is 0.305 e. The van der Waals surface area contributed by atoms with Crippen LogP contribution in [0.4, 0.5) is 0 Å². The fourth-order valence-electron chi connectivity index (χ4n) is 1.87. The summed E-state index contributed by atoms with van der Waals surface area (Å²) in [5, 5.41) is 8.74. The van der Waals surface area contributed by atoms with Crippen molar-refractivity contribution in [3.63, 3.8) is 0 Å². The van der Waals surface area contributed by atoms with Gasteiger partial charge in [-0.25, -0.2) is 9.97 Å². The molecule has 0 saturated carbocycles. The average molecular weight is 233 g/mol. The van der Waals surface area contributed by atoms with Crippen LogP contribution in [0.25, 0.3) is 11.2 Å². The number of carboxylic acid groups (broad SMARTS) is 1. The molecule has 0 spiro atoms. The molecule has 90 valence electrons. The van der Waals surface area contributed by atoms with Gasteiger partial charge in [0.15, 0.2) is 5.65 Å². The van der Waals surface area contributed by atoms with Gasteiger partial charge >= 0.3 is 5.97 Å². The minimum Gasteiger partial charge on any atom is -0.481 e. The van der Waals surface area contributed by atoms with Crippen LogP contribution in [0.3, 0.4) is 0 Å². The molecule has 5 nitrogen and oxygen atoms in total. The van der Waals surface area contributed by atoms with Crippen LogP contribution >= 0.6 is 0 Å².